The van der Waals surface area contributed by atoms with Crippen LogP contribution in [0, 0.1) is 6.92 Å². The molecule has 0 bridgehead atoms. The summed E-state index contributed by atoms with van der Waals surface area (Å²) in [6.07, 6.45) is 0.632. The molecule has 86 valence electrons. The lowest BCUT2D eigenvalue weighted by atomic mass is 10.0. The maximum absolute atomic E-state index is 9.74. The number of aryl methyl sites for hydroxylation is 1. The first-order chi connectivity index (χ1) is 6.56. The third-order valence-corrected chi connectivity index (χ3v) is 2.39. The summed E-state index contributed by atoms with van der Waals surface area (Å²) in [6.45, 7) is 2.28. The van der Waals surface area contributed by atoms with E-state index >= 15 is 0 Å². The van der Waals surface area contributed by atoms with Gasteiger partial charge in [0.2, 0.25) is 0 Å². The van der Waals surface area contributed by atoms with Gasteiger partial charge in [0, 0.05) is 16.6 Å². The van der Waals surface area contributed by atoms with Crippen molar-refractivity contribution in [1.29, 1.82) is 0 Å². The average molecular weight is 251 g/mol. The number of phenolic OH excluding ortho intramolecular Hbond substituents is 1. The second kappa shape index (κ2) is 6.18. The lowest BCUT2D eigenvalue weighted by Crippen LogP contribution is -2.15. The summed E-state index contributed by atoms with van der Waals surface area (Å²) in [4.78, 5) is 0. The van der Waals surface area contributed by atoms with Gasteiger partial charge in [0.05, 0.1) is 0 Å². The van der Waals surface area contributed by atoms with Crippen molar-refractivity contribution in [3.05, 3.63) is 28.3 Å². The van der Waals surface area contributed by atoms with Gasteiger partial charge < -0.3 is 16.6 Å². The standard InChI is InChI=1S/C10H15ClN2O.ClH/c1-6-4-7(11)5-8(10(6)14)9(13)2-3-12;/h4-5,9,14H,2-3,12-13H2,1H3;1H/t9-;/m0./s1. The summed E-state index contributed by atoms with van der Waals surface area (Å²) in [5, 5.41) is 10.3. The molecule has 0 fully saturated rings. The zero-order valence-corrected chi connectivity index (χ0v) is 10.1. The predicted molar refractivity (Wildman–Crippen MR) is 65.7 cm³/mol. The lowest BCUT2D eigenvalue weighted by molar-refractivity contribution is 0.455. The smallest absolute Gasteiger partial charge is 0.123 e. The van der Waals surface area contributed by atoms with Crippen LogP contribution in [0.5, 0.6) is 5.75 Å². The number of rotatable bonds is 3. The number of hydrogen-bond donors (Lipinski definition) is 3. The highest BCUT2D eigenvalue weighted by Crippen LogP contribution is 2.31. The highest BCUT2D eigenvalue weighted by Gasteiger charge is 2.12. The van der Waals surface area contributed by atoms with E-state index < -0.39 is 0 Å². The Morgan fingerprint density at radius 2 is 2.07 bits per heavy atom. The van der Waals surface area contributed by atoms with E-state index in [0.717, 1.165) is 5.56 Å². The van der Waals surface area contributed by atoms with Crippen molar-refractivity contribution < 1.29 is 5.11 Å². The first-order valence-electron chi connectivity index (χ1n) is 4.51. The minimum absolute atomic E-state index is 0. The Kier molecular flexibility index (Phi) is 5.98. The maximum atomic E-state index is 9.74. The van der Waals surface area contributed by atoms with E-state index in [2.05, 4.69) is 0 Å². The van der Waals surface area contributed by atoms with Crippen LogP contribution in [0.4, 0.5) is 0 Å². The molecule has 0 spiro atoms. The number of aromatic hydroxyl groups is 1. The molecule has 5 heteroatoms. The molecule has 0 aromatic heterocycles. The van der Waals surface area contributed by atoms with Gasteiger partial charge in [0.15, 0.2) is 0 Å². The molecule has 0 aliphatic rings. The summed E-state index contributed by atoms with van der Waals surface area (Å²) in [7, 11) is 0. The molecule has 1 aromatic rings. The molecule has 0 heterocycles. The molecule has 15 heavy (non-hydrogen) atoms. The first kappa shape index (κ1) is 14.5. The predicted octanol–water partition coefficient (Wildman–Crippen LogP) is 2.12. The van der Waals surface area contributed by atoms with Crippen molar-refractivity contribution in [3.63, 3.8) is 0 Å². The van der Waals surface area contributed by atoms with Crippen molar-refractivity contribution in [3.8, 4) is 5.75 Å². The van der Waals surface area contributed by atoms with Crippen LogP contribution >= 0.6 is 24.0 Å². The van der Waals surface area contributed by atoms with Gasteiger partial charge in [-0.1, -0.05) is 11.6 Å². The van der Waals surface area contributed by atoms with Gasteiger partial charge in [-0.15, -0.1) is 12.4 Å². The molecule has 0 amide bonds. The fraction of sp³-hybridized carbons (Fsp3) is 0.400. The molecule has 3 nitrogen and oxygen atoms in total. The van der Waals surface area contributed by atoms with Gasteiger partial charge in [0.1, 0.15) is 5.75 Å². The summed E-state index contributed by atoms with van der Waals surface area (Å²) in [5.41, 5.74) is 12.6. The number of hydrogen-bond acceptors (Lipinski definition) is 3. The van der Waals surface area contributed by atoms with E-state index in [9.17, 15) is 5.11 Å². The molecule has 1 rings (SSSR count). The SMILES string of the molecule is Cc1cc(Cl)cc([C@@H](N)CCN)c1O.Cl. The molecule has 0 saturated carbocycles. The van der Waals surface area contributed by atoms with E-state index in [1.54, 1.807) is 19.1 Å². The zero-order chi connectivity index (χ0) is 10.7. The van der Waals surface area contributed by atoms with E-state index in [0.29, 0.717) is 23.6 Å². The number of nitrogens with two attached hydrogens (primary N) is 2. The van der Waals surface area contributed by atoms with Crippen LogP contribution < -0.4 is 11.5 Å². The Hall–Kier alpha value is -0.480. The third kappa shape index (κ3) is 3.54. The fourth-order valence-corrected chi connectivity index (χ4v) is 1.66. The first-order valence-corrected chi connectivity index (χ1v) is 4.88. The van der Waals surface area contributed by atoms with E-state index in [1.165, 1.54) is 0 Å². The Bertz CT molecular complexity index is 331. The fourth-order valence-electron chi connectivity index (χ4n) is 1.38. The molecule has 0 saturated heterocycles. The minimum atomic E-state index is -0.252. The summed E-state index contributed by atoms with van der Waals surface area (Å²) < 4.78 is 0. The van der Waals surface area contributed by atoms with Crippen LogP contribution in [0.2, 0.25) is 5.02 Å². The van der Waals surface area contributed by atoms with Crippen LogP contribution in [0.1, 0.15) is 23.6 Å². The highest BCUT2D eigenvalue weighted by atomic mass is 35.5. The molecular formula is C10H16Cl2N2O. The van der Waals surface area contributed by atoms with Gasteiger partial charge in [-0.3, -0.25) is 0 Å². The summed E-state index contributed by atoms with van der Waals surface area (Å²) in [6, 6.07) is 3.14. The number of phenols is 1. The van der Waals surface area contributed by atoms with Crippen LogP contribution in [-0.4, -0.2) is 11.7 Å². The van der Waals surface area contributed by atoms with Gasteiger partial charge >= 0.3 is 0 Å². The normalized spacial score (nSPS) is 12.0. The quantitative estimate of drug-likeness (QED) is 0.770. The van der Waals surface area contributed by atoms with E-state index in [4.69, 9.17) is 23.1 Å². The third-order valence-electron chi connectivity index (χ3n) is 2.17. The van der Waals surface area contributed by atoms with Gasteiger partial charge in [-0.25, -0.2) is 0 Å². The molecule has 0 aliphatic heterocycles. The van der Waals surface area contributed by atoms with Crippen molar-refractivity contribution >= 4 is 24.0 Å². The van der Waals surface area contributed by atoms with Gasteiger partial charge in [-0.05, 0) is 37.6 Å². The second-order valence-electron chi connectivity index (χ2n) is 3.34. The van der Waals surface area contributed by atoms with Crippen molar-refractivity contribution in [2.75, 3.05) is 6.54 Å². The van der Waals surface area contributed by atoms with Crippen LogP contribution in [0.15, 0.2) is 12.1 Å². The molecular weight excluding hydrogens is 235 g/mol. The summed E-state index contributed by atoms with van der Waals surface area (Å²) in [5.74, 6) is 0.218. The highest BCUT2D eigenvalue weighted by molar-refractivity contribution is 6.30. The average Bonchev–Trinajstić information content (AvgIpc) is 2.11. The Morgan fingerprint density at radius 1 is 1.47 bits per heavy atom. The minimum Gasteiger partial charge on any atom is -0.507 e. The van der Waals surface area contributed by atoms with Gasteiger partial charge in [0.25, 0.3) is 0 Å². The van der Waals surface area contributed by atoms with Crippen molar-refractivity contribution in [2.24, 2.45) is 11.5 Å². The molecule has 0 aliphatic carbocycles. The molecule has 5 N–H and O–H groups in total. The molecule has 1 atom stereocenters. The molecule has 0 radical (unpaired) electrons. The Labute approximate surface area is 101 Å². The number of halogens is 2. The topological polar surface area (TPSA) is 72.3 Å². The van der Waals surface area contributed by atoms with Crippen LogP contribution in [-0.2, 0) is 0 Å². The van der Waals surface area contributed by atoms with E-state index in [1.807, 2.05) is 0 Å². The number of benzene rings is 1. The monoisotopic (exact) mass is 250 g/mol. The van der Waals surface area contributed by atoms with Crippen molar-refractivity contribution in [2.45, 2.75) is 19.4 Å². The second-order valence-corrected chi connectivity index (χ2v) is 3.78. The lowest BCUT2D eigenvalue weighted by Gasteiger charge is -2.14. The largest absolute Gasteiger partial charge is 0.507 e. The van der Waals surface area contributed by atoms with Crippen LogP contribution in [0.25, 0.3) is 0 Å². The van der Waals surface area contributed by atoms with E-state index in [-0.39, 0.29) is 24.2 Å². The molecule has 1 aromatic carbocycles. The Morgan fingerprint density at radius 3 is 2.60 bits per heavy atom. The van der Waals surface area contributed by atoms with Crippen molar-refractivity contribution in [1.82, 2.24) is 0 Å². The van der Waals surface area contributed by atoms with Crippen LogP contribution in [0.3, 0.4) is 0 Å². The maximum Gasteiger partial charge on any atom is 0.123 e. The zero-order valence-electron chi connectivity index (χ0n) is 8.53. The summed E-state index contributed by atoms with van der Waals surface area (Å²) >= 11 is 5.87. The molecule has 0 unspecified atom stereocenters. The Balaban J connectivity index is 0.00000196. The van der Waals surface area contributed by atoms with Gasteiger partial charge in [-0.2, -0.15) is 0 Å².